The second-order valence-electron chi connectivity index (χ2n) is 18.8. The first-order valence-corrected chi connectivity index (χ1v) is 25.2. The molecular weight excluding hydrogens is 901 g/mol. The molecule has 0 atom stereocenters. The molecule has 0 fully saturated rings. The standard InChI is InChI=1S/C70H46N2O2/c1-5-21-47(22-6-1)54-29-13-17-33-62(54)71(52-38-40-58-56-31-15-19-35-66(56)73-68(58)44-52)64-42-37-51-43-60(49-25-9-3-10-26-49)65(46-61(51)70(64)50-27-11-4-12-28-50)72(63-34-18-14-30-55(63)48-23-7-2-8-24-48)53-39-41-59-57-32-16-20-36-67(57)74-69(59)45-53/h1-46H. The SMILES string of the molecule is c1ccc(-c2ccccc2N(c2ccc3c(c2)oc2ccccc23)c2cc3c(-c4ccccc4)c(N(c4ccc5c(c4)oc4ccccc45)c4ccccc4-c4ccccc4)ccc3cc2-c2ccccc2)cc1. The van der Waals surface area contributed by atoms with Crippen molar-refractivity contribution in [2.45, 2.75) is 0 Å². The number of hydrogen-bond acceptors (Lipinski definition) is 4. The monoisotopic (exact) mass is 946 g/mol. The van der Waals surface area contributed by atoms with Gasteiger partial charge in [0.1, 0.15) is 22.3 Å². The van der Waals surface area contributed by atoms with Crippen LogP contribution in [0.1, 0.15) is 0 Å². The first kappa shape index (κ1) is 42.9. The van der Waals surface area contributed by atoms with Gasteiger partial charge in [0, 0.05) is 67.3 Å². The van der Waals surface area contributed by atoms with Crippen LogP contribution in [0.5, 0.6) is 0 Å². The average molecular weight is 947 g/mol. The van der Waals surface area contributed by atoms with Crippen LogP contribution >= 0.6 is 0 Å². The molecule has 0 N–H and O–H groups in total. The molecule has 4 nitrogen and oxygen atoms in total. The lowest BCUT2D eigenvalue weighted by atomic mass is 9.90. The topological polar surface area (TPSA) is 32.8 Å². The van der Waals surface area contributed by atoms with Crippen LogP contribution in [0.3, 0.4) is 0 Å². The van der Waals surface area contributed by atoms with E-state index in [1.807, 2.05) is 24.3 Å². The molecule has 12 aromatic carbocycles. The molecule has 2 aromatic heterocycles. The first-order valence-electron chi connectivity index (χ1n) is 25.2. The van der Waals surface area contributed by atoms with Crippen molar-refractivity contribution in [1.82, 2.24) is 0 Å². The fourth-order valence-corrected chi connectivity index (χ4v) is 11.1. The summed E-state index contributed by atoms with van der Waals surface area (Å²) in [6.07, 6.45) is 0. The van der Waals surface area contributed by atoms with Crippen molar-refractivity contribution in [2.75, 3.05) is 9.80 Å². The Bertz CT molecular complexity index is 4370. The molecular formula is C70H46N2O2. The largest absolute Gasteiger partial charge is 0.456 e. The summed E-state index contributed by atoms with van der Waals surface area (Å²) >= 11 is 0. The van der Waals surface area contributed by atoms with E-state index in [1.54, 1.807) is 0 Å². The van der Waals surface area contributed by atoms with Gasteiger partial charge >= 0.3 is 0 Å². The van der Waals surface area contributed by atoms with E-state index in [4.69, 9.17) is 8.83 Å². The third-order valence-corrected chi connectivity index (χ3v) is 14.4. The summed E-state index contributed by atoms with van der Waals surface area (Å²) in [5.74, 6) is 0. The van der Waals surface area contributed by atoms with E-state index >= 15 is 0 Å². The van der Waals surface area contributed by atoms with Crippen LogP contribution in [0, 0.1) is 0 Å². The highest BCUT2D eigenvalue weighted by Crippen LogP contribution is 2.52. The van der Waals surface area contributed by atoms with Gasteiger partial charge in [0.2, 0.25) is 0 Å². The molecule has 14 rings (SSSR count). The van der Waals surface area contributed by atoms with Crippen molar-refractivity contribution in [3.63, 3.8) is 0 Å². The maximum atomic E-state index is 6.66. The van der Waals surface area contributed by atoms with E-state index in [0.29, 0.717) is 0 Å². The minimum atomic E-state index is 0.828. The molecule has 0 radical (unpaired) electrons. The Kier molecular flexibility index (Phi) is 10.5. The number of benzene rings is 12. The van der Waals surface area contributed by atoms with Gasteiger partial charge in [-0.15, -0.1) is 0 Å². The van der Waals surface area contributed by atoms with Gasteiger partial charge in [-0.1, -0.05) is 200 Å². The van der Waals surface area contributed by atoms with E-state index in [-0.39, 0.29) is 0 Å². The van der Waals surface area contributed by atoms with Crippen LogP contribution in [0.25, 0.3) is 99.2 Å². The van der Waals surface area contributed by atoms with Crippen LogP contribution in [-0.2, 0) is 0 Å². The third kappa shape index (κ3) is 7.39. The number of nitrogens with zero attached hydrogens (tertiary/aromatic N) is 2. The zero-order valence-electron chi connectivity index (χ0n) is 40.3. The van der Waals surface area contributed by atoms with E-state index in [9.17, 15) is 0 Å². The van der Waals surface area contributed by atoms with Crippen molar-refractivity contribution >= 4 is 88.8 Å². The molecule has 0 saturated heterocycles. The van der Waals surface area contributed by atoms with Gasteiger partial charge in [-0.25, -0.2) is 0 Å². The highest BCUT2D eigenvalue weighted by molar-refractivity contribution is 6.13. The number of rotatable bonds is 10. The number of anilines is 6. The fourth-order valence-electron chi connectivity index (χ4n) is 11.1. The quantitative estimate of drug-likeness (QED) is 0.137. The summed E-state index contributed by atoms with van der Waals surface area (Å²) in [4.78, 5) is 4.87. The van der Waals surface area contributed by atoms with Crippen molar-refractivity contribution < 1.29 is 8.83 Å². The van der Waals surface area contributed by atoms with E-state index in [1.165, 1.54) is 0 Å². The summed E-state index contributed by atoms with van der Waals surface area (Å²) in [5, 5.41) is 6.57. The molecule has 74 heavy (non-hydrogen) atoms. The Morgan fingerprint density at radius 2 is 0.635 bits per heavy atom. The van der Waals surface area contributed by atoms with Gasteiger partial charge in [-0.05, 0) is 99.8 Å². The molecule has 0 aliphatic carbocycles. The Balaban J connectivity index is 1.09. The summed E-state index contributed by atoms with van der Waals surface area (Å²) in [7, 11) is 0. The van der Waals surface area contributed by atoms with Gasteiger partial charge in [0.25, 0.3) is 0 Å². The number of furan rings is 2. The number of para-hydroxylation sites is 4. The average Bonchev–Trinajstić information content (AvgIpc) is 4.05. The summed E-state index contributed by atoms with van der Waals surface area (Å²) in [6, 6.07) is 99.9. The molecule has 2 heterocycles. The predicted octanol–water partition coefficient (Wildman–Crippen LogP) is 20.2. The van der Waals surface area contributed by atoms with E-state index < -0.39 is 0 Å². The highest BCUT2D eigenvalue weighted by atomic mass is 16.3. The zero-order chi connectivity index (χ0) is 49.0. The summed E-state index contributed by atoms with van der Waals surface area (Å²) in [6.45, 7) is 0. The fraction of sp³-hybridized carbons (Fsp3) is 0. The minimum absolute atomic E-state index is 0.828. The molecule has 0 bridgehead atoms. The molecule has 4 heteroatoms. The van der Waals surface area contributed by atoms with Crippen LogP contribution in [0.4, 0.5) is 34.1 Å². The molecule has 0 unspecified atom stereocenters. The Morgan fingerprint density at radius 3 is 1.15 bits per heavy atom. The van der Waals surface area contributed by atoms with Gasteiger partial charge in [-0.2, -0.15) is 0 Å². The van der Waals surface area contributed by atoms with Crippen molar-refractivity contribution in [2.24, 2.45) is 0 Å². The molecule has 0 amide bonds. The van der Waals surface area contributed by atoms with Gasteiger partial charge in [0.05, 0.1) is 22.7 Å². The highest BCUT2D eigenvalue weighted by Gasteiger charge is 2.27. The van der Waals surface area contributed by atoms with Crippen molar-refractivity contribution in [1.29, 1.82) is 0 Å². The van der Waals surface area contributed by atoms with Gasteiger partial charge in [-0.3, -0.25) is 0 Å². The zero-order valence-corrected chi connectivity index (χ0v) is 40.3. The molecule has 0 aliphatic heterocycles. The van der Waals surface area contributed by atoms with E-state index in [2.05, 4.69) is 265 Å². The Morgan fingerprint density at radius 1 is 0.230 bits per heavy atom. The summed E-state index contributed by atoms with van der Waals surface area (Å²) in [5.41, 5.74) is 18.4. The normalized spacial score (nSPS) is 11.5. The van der Waals surface area contributed by atoms with Crippen LogP contribution in [0.15, 0.2) is 288 Å². The molecule has 348 valence electrons. The maximum absolute atomic E-state index is 6.66. The Hall–Kier alpha value is -9.90. The molecule has 0 aliphatic rings. The lowest BCUT2D eigenvalue weighted by molar-refractivity contribution is 0.668. The smallest absolute Gasteiger partial charge is 0.137 e. The van der Waals surface area contributed by atoms with E-state index in [0.717, 1.165) is 133 Å². The molecule has 0 spiro atoms. The lowest BCUT2D eigenvalue weighted by Crippen LogP contribution is -2.14. The van der Waals surface area contributed by atoms with Crippen LogP contribution in [-0.4, -0.2) is 0 Å². The maximum Gasteiger partial charge on any atom is 0.137 e. The Labute approximate surface area is 428 Å². The predicted molar refractivity (Wildman–Crippen MR) is 310 cm³/mol. The van der Waals surface area contributed by atoms with Crippen LogP contribution in [0.2, 0.25) is 0 Å². The second-order valence-corrected chi connectivity index (χ2v) is 18.8. The third-order valence-electron chi connectivity index (χ3n) is 14.4. The molecule has 14 aromatic rings. The van der Waals surface area contributed by atoms with Crippen LogP contribution < -0.4 is 9.80 Å². The number of fused-ring (bicyclic) bond motifs is 7. The minimum Gasteiger partial charge on any atom is -0.456 e. The van der Waals surface area contributed by atoms with Gasteiger partial charge < -0.3 is 18.6 Å². The van der Waals surface area contributed by atoms with Crippen molar-refractivity contribution in [3.05, 3.63) is 279 Å². The molecule has 0 saturated carbocycles. The van der Waals surface area contributed by atoms with Gasteiger partial charge in [0.15, 0.2) is 0 Å². The number of hydrogen-bond donors (Lipinski definition) is 0. The second kappa shape index (κ2) is 18.1. The van der Waals surface area contributed by atoms with Crippen molar-refractivity contribution in [3.8, 4) is 44.5 Å². The lowest BCUT2D eigenvalue weighted by Gasteiger charge is -2.32. The summed E-state index contributed by atoms with van der Waals surface area (Å²) < 4.78 is 13.3. The first-order chi connectivity index (χ1) is 36.7.